The molecule has 1 fully saturated rings. The molecule has 0 bridgehead atoms. The van der Waals surface area contributed by atoms with Crippen LogP contribution in [0.3, 0.4) is 0 Å². The van der Waals surface area contributed by atoms with Gasteiger partial charge in [0, 0.05) is 11.4 Å². The molecule has 2 unspecified atom stereocenters. The molecule has 1 aliphatic heterocycles. The number of rotatable bonds is 4. The van der Waals surface area contributed by atoms with Crippen molar-refractivity contribution in [1.29, 1.82) is 0 Å². The van der Waals surface area contributed by atoms with Gasteiger partial charge in [0.2, 0.25) is 5.91 Å². The van der Waals surface area contributed by atoms with Gasteiger partial charge >= 0.3 is 5.97 Å². The number of carbonyl (C=O) groups is 2. The first-order chi connectivity index (χ1) is 9.52. The first-order valence-electron chi connectivity index (χ1n) is 6.82. The van der Waals surface area contributed by atoms with E-state index in [1.165, 1.54) is 11.3 Å². The molecule has 0 saturated carbocycles. The maximum atomic E-state index is 12.3. The highest BCUT2D eigenvalue weighted by Crippen LogP contribution is 2.29. The Morgan fingerprint density at radius 2 is 2.25 bits per heavy atom. The summed E-state index contributed by atoms with van der Waals surface area (Å²) in [6.45, 7) is 7.59. The van der Waals surface area contributed by atoms with Crippen molar-refractivity contribution in [1.82, 2.24) is 5.32 Å². The Kier molecular flexibility index (Phi) is 4.77. The third-order valence-electron chi connectivity index (χ3n) is 3.44. The second kappa shape index (κ2) is 6.37. The maximum Gasteiger partial charge on any atom is 0.341 e. The van der Waals surface area contributed by atoms with E-state index in [4.69, 9.17) is 4.74 Å². The Morgan fingerprint density at radius 1 is 1.50 bits per heavy atom. The molecule has 1 aromatic rings. The van der Waals surface area contributed by atoms with Crippen LogP contribution >= 0.6 is 11.3 Å². The van der Waals surface area contributed by atoms with Crippen molar-refractivity contribution < 1.29 is 14.3 Å². The highest BCUT2D eigenvalue weighted by Gasteiger charge is 2.30. The van der Waals surface area contributed by atoms with Gasteiger partial charge < -0.3 is 15.4 Å². The number of esters is 1. The van der Waals surface area contributed by atoms with E-state index in [1.807, 2.05) is 6.92 Å². The smallest absolute Gasteiger partial charge is 0.341 e. The van der Waals surface area contributed by atoms with Gasteiger partial charge in [0.25, 0.3) is 0 Å². The summed E-state index contributed by atoms with van der Waals surface area (Å²) in [7, 11) is 0. The number of nitrogens with one attached hydrogen (secondary N) is 2. The lowest BCUT2D eigenvalue weighted by molar-refractivity contribution is -0.120. The molecule has 5 nitrogen and oxygen atoms in total. The standard InChI is InChI=1S/C14H20N2O3S/c1-4-19-14(18)10-5-9(3)20-13(10)16-12(17)11-7-15-6-8(11)2/h5,8,11,15H,4,6-7H2,1-3H3,(H,16,17). The van der Waals surface area contributed by atoms with E-state index in [-0.39, 0.29) is 17.8 Å². The Hall–Kier alpha value is -1.40. The van der Waals surface area contributed by atoms with Crippen LogP contribution in [0.15, 0.2) is 6.07 Å². The molecular formula is C14H20N2O3S. The fourth-order valence-electron chi connectivity index (χ4n) is 2.33. The Bertz CT molecular complexity index is 513. The monoisotopic (exact) mass is 296 g/mol. The Morgan fingerprint density at radius 3 is 2.85 bits per heavy atom. The van der Waals surface area contributed by atoms with E-state index in [2.05, 4.69) is 17.6 Å². The Balaban J connectivity index is 2.12. The molecule has 110 valence electrons. The molecule has 2 N–H and O–H groups in total. The summed E-state index contributed by atoms with van der Waals surface area (Å²) in [4.78, 5) is 25.1. The average molecular weight is 296 g/mol. The van der Waals surface area contributed by atoms with Crippen molar-refractivity contribution in [3.05, 3.63) is 16.5 Å². The van der Waals surface area contributed by atoms with Crippen LogP contribution in [0, 0.1) is 18.8 Å². The van der Waals surface area contributed by atoms with Crippen molar-refractivity contribution in [3.8, 4) is 0 Å². The predicted octanol–water partition coefficient (Wildman–Crippen LogP) is 2.03. The average Bonchev–Trinajstić information content (AvgIpc) is 2.96. The number of aryl methyl sites for hydroxylation is 1. The number of anilines is 1. The number of carbonyl (C=O) groups excluding carboxylic acids is 2. The molecule has 0 aliphatic carbocycles. The summed E-state index contributed by atoms with van der Waals surface area (Å²) in [5.41, 5.74) is 0.446. The molecule has 6 heteroatoms. The van der Waals surface area contributed by atoms with Gasteiger partial charge in [-0.25, -0.2) is 4.79 Å². The molecule has 1 saturated heterocycles. The van der Waals surface area contributed by atoms with Crippen LogP contribution in [0.5, 0.6) is 0 Å². The molecule has 1 aliphatic rings. The molecule has 0 spiro atoms. The quantitative estimate of drug-likeness (QED) is 0.834. The zero-order valence-electron chi connectivity index (χ0n) is 12.0. The van der Waals surface area contributed by atoms with E-state index in [0.717, 1.165) is 11.4 Å². The van der Waals surface area contributed by atoms with E-state index in [0.29, 0.717) is 29.6 Å². The van der Waals surface area contributed by atoms with E-state index >= 15 is 0 Å². The molecule has 20 heavy (non-hydrogen) atoms. The van der Waals surface area contributed by atoms with Gasteiger partial charge in [0.05, 0.1) is 18.1 Å². The highest BCUT2D eigenvalue weighted by atomic mass is 32.1. The number of hydrogen-bond donors (Lipinski definition) is 2. The topological polar surface area (TPSA) is 67.4 Å². The fourth-order valence-corrected chi connectivity index (χ4v) is 3.24. The zero-order chi connectivity index (χ0) is 14.7. The number of ether oxygens (including phenoxy) is 1. The van der Waals surface area contributed by atoms with Gasteiger partial charge in [-0.2, -0.15) is 0 Å². The van der Waals surface area contributed by atoms with Gasteiger partial charge in [0.15, 0.2) is 0 Å². The van der Waals surface area contributed by atoms with Gasteiger partial charge in [-0.05, 0) is 32.4 Å². The number of hydrogen-bond acceptors (Lipinski definition) is 5. The summed E-state index contributed by atoms with van der Waals surface area (Å²) in [6, 6.07) is 1.76. The lowest BCUT2D eigenvalue weighted by Gasteiger charge is -2.14. The molecule has 2 heterocycles. The second-order valence-corrected chi connectivity index (χ2v) is 6.31. The molecule has 1 amide bonds. The van der Waals surface area contributed by atoms with Crippen molar-refractivity contribution in [2.24, 2.45) is 11.8 Å². The van der Waals surface area contributed by atoms with Crippen LogP contribution in [0.25, 0.3) is 0 Å². The van der Waals surface area contributed by atoms with Crippen LogP contribution in [0.4, 0.5) is 5.00 Å². The summed E-state index contributed by atoms with van der Waals surface area (Å²) in [5, 5.41) is 6.67. The summed E-state index contributed by atoms with van der Waals surface area (Å²) < 4.78 is 5.01. The van der Waals surface area contributed by atoms with E-state index < -0.39 is 0 Å². The molecule has 0 radical (unpaired) electrons. The third-order valence-corrected chi connectivity index (χ3v) is 4.41. The first kappa shape index (κ1) is 15.0. The van der Waals surface area contributed by atoms with Gasteiger partial charge in [-0.1, -0.05) is 6.92 Å². The normalized spacial score (nSPS) is 21.8. The minimum absolute atomic E-state index is 0.0325. The zero-order valence-corrected chi connectivity index (χ0v) is 12.8. The van der Waals surface area contributed by atoms with Crippen LogP contribution in [0.2, 0.25) is 0 Å². The molecule has 2 rings (SSSR count). The van der Waals surface area contributed by atoms with E-state index in [9.17, 15) is 9.59 Å². The van der Waals surface area contributed by atoms with Crippen LogP contribution < -0.4 is 10.6 Å². The summed E-state index contributed by atoms with van der Waals surface area (Å²) >= 11 is 1.40. The highest BCUT2D eigenvalue weighted by molar-refractivity contribution is 7.16. The van der Waals surface area contributed by atoms with Crippen molar-refractivity contribution in [2.75, 3.05) is 25.0 Å². The molecule has 1 aromatic heterocycles. The van der Waals surface area contributed by atoms with Crippen molar-refractivity contribution in [3.63, 3.8) is 0 Å². The minimum atomic E-state index is -0.384. The fraction of sp³-hybridized carbons (Fsp3) is 0.571. The summed E-state index contributed by atoms with van der Waals surface area (Å²) in [6.07, 6.45) is 0. The van der Waals surface area contributed by atoms with Crippen LogP contribution in [-0.4, -0.2) is 31.6 Å². The largest absolute Gasteiger partial charge is 0.462 e. The first-order valence-corrected chi connectivity index (χ1v) is 7.63. The summed E-state index contributed by atoms with van der Waals surface area (Å²) in [5.74, 6) is -0.158. The molecular weight excluding hydrogens is 276 g/mol. The predicted molar refractivity (Wildman–Crippen MR) is 79.2 cm³/mol. The van der Waals surface area contributed by atoms with Crippen LogP contribution in [-0.2, 0) is 9.53 Å². The number of thiophene rings is 1. The maximum absolute atomic E-state index is 12.3. The minimum Gasteiger partial charge on any atom is -0.462 e. The van der Waals surface area contributed by atoms with Crippen molar-refractivity contribution >= 4 is 28.2 Å². The van der Waals surface area contributed by atoms with E-state index in [1.54, 1.807) is 13.0 Å². The lowest BCUT2D eigenvalue weighted by atomic mass is 9.97. The van der Waals surface area contributed by atoms with Gasteiger partial charge in [-0.3, -0.25) is 4.79 Å². The SMILES string of the molecule is CCOC(=O)c1cc(C)sc1NC(=O)C1CNCC1C. The van der Waals surface area contributed by atoms with Crippen molar-refractivity contribution in [2.45, 2.75) is 20.8 Å². The van der Waals surface area contributed by atoms with Gasteiger partial charge in [0.1, 0.15) is 5.00 Å². The lowest BCUT2D eigenvalue weighted by Crippen LogP contribution is -2.28. The van der Waals surface area contributed by atoms with Crippen LogP contribution in [0.1, 0.15) is 29.1 Å². The van der Waals surface area contributed by atoms with Gasteiger partial charge in [-0.15, -0.1) is 11.3 Å². The third kappa shape index (κ3) is 3.19. The molecule has 2 atom stereocenters. The number of amides is 1. The second-order valence-electron chi connectivity index (χ2n) is 5.05. The Labute approximate surface area is 122 Å². The molecule has 0 aromatic carbocycles.